The normalized spacial score (nSPS) is 11.6. The molecule has 4 rings (SSSR count). The highest BCUT2D eigenvalue weighted by Gasteiger charge is 2.18. The first-order valence-electron chi connectivity index (χ1n) is 9.93. The summed E-state index contributed by atoms with van der Waals surface area (Å²) in [5.74, 6) is -0.124. The van der Waals surface area contributed by atoms with E-state index < -0.39 is 0 Å². The number of carbonyl (C=O) groups excluding carboxylic acids is 1. The molecular weight excluding hydrogens is 394 g/mol. The molecule has 5 heteroatoms. The number of rotatable bonds is 4. The zero-order valence-corrected chi connectivity index (χ0v) is 18.1. The molecule has 152 valence electrons. The van der Waals surface area contributed by atoms with Gasteiger partial charge in [-0.15, -0.1) is 0 Å². The minimum Gasteiger partial charge on any atom is -0.346 e. The highest BCUT2D eigenvalue weighted by atomic mass is 35.5. The molecule has 1 N–H and O–H groups in total. The predicted octanol–water partition coefficient (Wildman–Crippen LogP) is 5.88. The van der Waals surface area contributed by atoms with E-state index in [-0.39, 0.29) is 11.3 Å². The van der Waals surface area contributed by atoms with Crippen LogP contribution in [0.5, 0.6) is 0 Å². The van der Waals surface area contributed by atoms with Crippen molar-refractivity contribution in [2.45, 2.75) is 32.7 Å². The summed E-state index contributed by atoms with van der Waals surface area (Å²) >= 11 is 6.24. The predicted molar refractivity (Wildman–Crippen MR) is 122 cm³/mol. The molecule has 0 radical (unpaired) electrons. The molecule has 0 spiro atoms. The van der Waals surface area contributed by atoms with Crippen LogP contribution in [0.1, 0.15) is 42.4 Å². The molecule has 1 amide bonds. The minimum atomic E-state index is -0.124. The van der Waals surface area contributed by atoms with Crippen molar-refractivity contribution >= 4 is 23.2 Å². The average Bonchev–Trinajstić information content (AvgIpc) is 3.09. The van der Waals surface area contributed by atoms with E-state index in [2.05, 4.69) is 50.4 Å². The van der Waals surface area contributed by atoms with Crippen molar-refractivity contribution in [2.24, 2.45) is 0 Å². The summed E-state index contributed by atoms with van der Waals surface area (Å²) in [6.07, 6.45) is 1.83. The van der Waals surface area contributed by atoms with Crippen LogP contribution in [0.2, 0.25) is 5.02 Å². The Morgan fingerprint density at radius 2 is 1.70 bits per heavy atom. The Morgan fingerprint density at radius 3 is 2.37 bits per heavy atom. The van der Waals surface area contributed by atoms with Crippen molar-refractivity contribution in [3.63, 3.8) is 0 Å². The summed E-state index contributed by atoms with van der Waals surface area (Å²) in [6.45, 7) is 6.92. The van der Waals surface area contributed by atoms with Crippen molar-refractivity contribution in [3.05, 3.63) is 94.8 Å². The lowest BCUT2D eigenvalue weighted by molar-refractivity contribution is 0.0950. The van der Waals surface area contributed by atoms with E-state index in [0.717, 1.165) is 22.6 Å². The SMILES string of the molecule is CC(C)(C)c1ccc(-c2nc3ccc(Cl)cn3c2CNC(=O)c2ccccc2)cc1. The first-order chi connectivity index (χ1) is 14.3. The van der Waals surface area contributed by atoms with Gasteiger partial charge in [-0.1, -0.05) is 74.8 Å². The van der Waals surface area contributed by atoms with Gasteiger partial charge in [0.2, 0.25) is 0 Å². The quantitative estimate of drug-likeness (QED) is 0.450. The second-order valence-corrected chi connectivity index (χ2v) is 8.80. The number of imidazole rings is 1. The Morgan fingerprint density at radius 1 is 1.00 bits per heavy atom. The van der Waals surface area contributed by atoms with Gasteiger partial charge in [0, 0.05) is 17.3 Å². The third-order valence-corrected chi connectivity index (χ3v) is 5.38. The van der Waals surface area contributed by atoms with E-state index in [4.69, 9.17) is 16.6 Å². The van der Waals surface area contributed by atoms with Gasteiger partial charge in [-0.3, -0.25) is 4.79 Å². The van der Waals surface area contributed by atoms with Crippen LogP contribution in [0.4, 0.5) is 0 Å². The van der Waals surface area contributed by atoms with E-state index in [1.165, 1.54) is 5.56 Å². The molecule has 0 atom stereocenters. The summed E-state index contributed by atoms with van der Waals surface area (Å²) in [4.78, 5) is 17.4. The maximum atomic E-state index is 12.6. The van der Waals surface area contributed by atoms with Crippen LogP contribution in [0.25, 0.3) is 16.9 Å². The summed E-state index contributed by atoms with van der Waals surface area (Å²) < 4.78 is 1.95. The van der Waals surface area contributed by atoms with Gasteiger partial charge in [0.05, 0.1) is 23.0 Å². The molecule has 0 fully saturated rings. The van der Waals surface area contributed by atoms with Crippen molar-refractivity contribution in [2.75, 3.05) is 0 Å². The van der Waals surface area contributed by atoms with Gasteiger partial charge >= 0.3 is 0 Å². The number of hydrogen-bond donors (Lipinski definition) is 1. The van der Waals surface area contributed by atoms with Crippen LogP contribution in [0.3, 0.4) is 0 Å². The average molecular weight is 418 g/mol. The molecule has 0 saturated heterocycles. The number of carbonyl (C=O) groups is 1. The number of amides is 1. The molecule has 0 aliphatic rings. The van der Waals surface area contributed by atoms with Gasteiger partial charge in [0.25, 0.3) is 5.91 Å². The molecule has 4 aromatic rings. The highest BCUT2D eigenvalue weighted by Crippen LogP contribution is 2.29. The lowest BCUT2D eigenvalue weighted by Crippen LogP contribution is -2.23. The van der Waals surface area contributed by atoms with Gasteiger partial charge in [-0.25, -0.2) is 4.98 Å². The van der Waals surface area contributed by atoms with Crippen LogP contribution in [0.15, 0.2) is 72.9 Å². The molecular formula is C25H24ClN3O. The van der Waals surface area contributed by atoms with Crippen molar-refractivity contribution < 1.29 is 4.79 Å². The number of fused-ring (bicyclic) bond motifs is 1. The van der Waals surface area contributed by atoms with E-state index in [9.17, 15) is 4.79 Å². The standard InChI is InChI=1S/C25H24ClN3O/c1-25(2,3)19-11-9-17(10-12-19)23-21(29-16-20(26)13-14-22(29)28-23)15-27-24(30)18-7-5-4-6-8-18/h4-14,16H,15H2,1-3H3,(H,27,30). The van der Waals surface area contributed by atoms with Gasteiger partial charge in [0.1, 0.15) is 5.65 Å². The highest BCUT2D eigenvalue weighted by molar-refractivity contribution is 6.30. The van der Waals surface area contributed by atoms with E-state index in [1.807, 2.05) is 40.9 Å². The van der Waals surface area contributed by atoms with E-state index in [1.54, 1.807) is 12.1 Å². The molecule has 2 heterocycles. The first-order valence-corrected chi connectivity index (χ1v) is 10.3. The molecule has 30 heavy (non-hydrogen) atoms. The third kappa shape index (κ3) is 4.10. The molecule has 0 bridgehead atoms. The Balaban J connectivity index is 1.72. The fourth-order valence-corrected chi connectivity index (χ4v) is 3.61. The Hall–Kier alpha value is -3.11. The van der Waals surface area contributed by atoms with Gasteiger partial charge < -0.3 is 9.72 Å². The number of nitrogens with zero attached hydrogens (tertiary/aromatic N) is 2. The van der Waals surface area contributed by atoms with Crippen LogP contribution in [-0.4, -0.2) is 15.3 Å². The molecule has 0 saturated carbocycles. The molecule has 2 aromatic carbocycles. The number of aromatic nitrogens is 2. The fraction of sp³-hybridized carbons (Fsp3) is 0.200. The Bertz CT molecular complexity index is 1190. The zero-order chi connectivity index (χ0) is 21.3. The van der Waals surface area contributed by atoms with Crippen molar-refractivity contribution in [1.82, 2.24) is 14.7 Å². The van der Waals surface area contributed by atoms with Gasteiger partial charge in [-0.2, -0.15) is 0 Å². The van der Waals surface area contributed by atoms with Crippen LogP contribution >= 0.6 is 11.6 Å². The Labute approximate surface area is 181 Å². The summed E-state index contributed by atoms with van der Waals surface area (Å²) in [5, 5.41) is 3.63. The van der Waals surface area contributed by atoms with Crippen LogP contribution in [-0.2, 0) is 12.0 Å². The van der Waals surface area contributed by atoms with Gasteiger partial charge in [0.15, 0.2) is 0 Å². The summed E-state index contributed by atoms with van der Waals surface area (Å²) in [5.41, 5.74) is 5.49. The van der Waals surface area contributed by atoms with E-state index >= 15 is 0 Å². The number of halogens is 1. The molecule has 0 aliphatic carbocycles. The van der Waals surface area contributed by atoms with Crippen molar-refractivity contribution in [1.29, 1.82) is 0 Å². The molecule has 4 nitrogen and oxygen atoms in total. The summed E-state index contributed by atoms with van der Waals surface area (Å²) in [7, 11) is 0. The largest absolute Gasteiger partial charge is 0.346 e. The van der Waals surface area contributed by atoms with E-state index in [0.29, 0.717) is 17.1 Å². The number of nitrogens with one attached hydrogen (secondary N) is 1. The first kappa shape index (κ1) is 20.2. The monoisotopic (exact) mass is 417 g/mol. The smallest absolute Gasteiger partial charge is 0.251 e. The Kier molecular flexibility index (Phi) is 5.35. The number of hydrogen-bond acceptors (Lipinski definition) is 2. The maximum absolute atomic E-state index is 12.6. The topological polar surface area (TPSA) is 46.4 Å². The molecule has 2 aromatic heterocycles. The number of benzene rings is 2. The fourth-order valence-electron chi connectivity index (χ4n) is 3.45. The summed E-state index contributed by atoms with van der Waals surface area (Å²) in [6, 6.07) is 21.4. The zero-order valence-electron chi connectivity index (χ0n) is 17.3. The lowest BCUT2D eigenvalue weighted by Gasteiger charge is -2.19. The minimum absolute atomic E-state index is 0.0808. The van der Waals surface area contributed by atoms with Crippen LogP contribution in [0, 0.1) is 0 Å². The maximum Gasteiger partial charge on any atom is 0.251 e. The second-order valence-electron chi connectivity index (χ2n) is 8.36. The lowest BCUT2D eigenvalue weighted by atomic mass is 9.86. The van der Waals surface area contributed by atoms with Crippen LogP contribution < -0.4 is 5.32 Å². The molecule has 0 aliphatic heterocycles. The van der Waals surface area contributed by atoms with Crippen molar-refractivity contribution in [3.8, 4) is 11.3 Å². The third-order valence-electron chi connectivity index (χ3n) is 5.16. The van der Waals surface area contributed by atoms with Gasteiger partial charge in [-0.05, 0) is 35.2 Å². The molecule has 0 unspecified atom stereocenters. The number of pyridine rings is 1. The second kappa shape index (κ2) is 7.96.